The zero-order valence-electron chi connectivity index (χ0n) is 52.0. The fourth-order valence-corrected chi connectivity index (χ4v) is 15.3. The number of likely N-dealkylation sites (N-methyl/N-ethyl adjacent to an activating group) is 1. The van der Waals surface area contributed by atoms with Crippen molar-refractivity contribution >= 4 is 70.6 Å². The van der Waals surface area contributed by atoms with Gasteiger partial charge in [0.2, 0.25) is 47.1 Å². The topological polar surface area (TPSA) is 411 Å². The van der Waals surface area contributed by atoms with Gasteiger partial charge in [0.1, 0.15) is 94.7 Å². The second-order valence-corrected chi connectivity index (χ2v) is 26.6. The average Bonchev–Trinajstić information content (AvgIpc) is 0.776. The van der Waals surface area contributed by atoms with E-state index in [2.05, 4.69) is 42.5 Å². The maximum absolute atomic E-state index is 16.0. The number of hydrogen-bond donors (Lipinski definition) is 15. The Morgan fingerprint density at radius 3 is 1.77 bits per heavy atom. The SMILES string of the molecule is CNC(=O)[C@H]1NC(=O)[C@H]2NC(=O)[C@H](NC(=O)[C@@H]3NC(=O)[C@H]4NC(=O)[C@@H](Cc5ccc(c(Cl)c5)Oc5cc3cc(c5O)Oc3ccc(cc3Cl)[C@H]2O)NC(=O)[C@@H](NC(=O)OC2C3CC5CC(C3)CC2C5)c2ccc(O)c(c2)Oc2cc(O)cc4c2)c2ccc(O)c(c2)-c2c(O)cc(O)cc21. The van der Waals surface area contributed by atoms with Crippen LogP contribution in [0.2, 0.25) is 10.0 Å². The van der Waals surface area contributed by atoms with Crippen LogP contribution in [0, 0.1) is 23.7 Å². The number of carbonyl (C=O) groups is 8. The van der Waals surface area contributed by atoms with Crippen LogP contribution in [0.4, 0.5) is 4.79 Å². The summed E-state index contributed by atoms with van der Waals surface area (Å²) >= 11 is 13.9. The third-order valence-electron chi connectivity index (χ3n) is 19.3. The van der Waals surface area contributed by atoms with Crippen molar-refractivity contribution in [2.75, 3.05) is 7.05 Å². The molecule has 0 spiro atoms. The van der Waals surface area contributed by atoms with Crippen molar-refractivity contribution in [3.05, 3.63) is 164 Å². The summed E-state index contributed by atoms with van der Waals surface area (Å²) in [6.07, 6.45) is 0.903. The summed E-state index contributed by atoms with van der Waals surface area (Å²) in [5.41, 5.74) is -1.65. The quantitative estimate of drug-likeness (QED) is 0.0828. The molecule has 21 bridgehead atoms. The lowest BCUT2D eigenvalue weighted by Crippen LogP contribution is -2.56. The predicted molar refractivity (Wildman–Crippen MR) is 348 cm³/mol. The van der Waals surface area contributed by atoms with Crippen LogP contribution >= 0.6 is 23.2 Å². The van der Waals surface area contributed by atoms with E-state index >= 15 is 24.0 Å². The van der Waals surface area contributed by atoms with E-state index in [0.717, 1.165) is 86.7 Å². The molecule has 4 aliphatic carbocycles. The molecule has 7 aromatic rings. The van der Waals surface area contributed by atoms with Crippen molar-refractivity contribution in [3.63, 3.8) is 0 Å². The number of aliphatic hydroxyl groups is 1. The van der Waals surface area contributed by atoms with E-state index in [1.54, 1.807) is 0 Å². The van der Waals surface area contributed by atoms with Gasteiger partial charge in [-0.25, -0.2) is 4.79 Å². The van der Waals surface area contributed by atoms with Crippen LogP contribution < -0.4 is 56.7 Å². The van der Waals surface area contributed by atoms with Crippen molar-refractivity contribution < 1.29 is 93.0 Å². The first-order valence-corrected chi connectivity index (χ1v) is 32.4. The van der Waals surface area contributed by atoms with Crippen molar-refractivity contribution in [2.24, 2.45) is 23.7 Å². The van der Waals surface area contributed by atoms with Crippen molar-refractivity contribution in [2.45, 2.75) is 93.0 Å². The molecule has 8 amide bonds. The summed E-state index contributed by atoms with van der Waals surface area (Å²) in [6, 6.07) is 8.84. The summed E-state index contributed by atoms with van der Waals surface area (Å²) in [7, 11) is 1.22. The second kappa shape index (κ2) is 25.7. The minimum absolute atomic E-state index is 0.0492. The number of phenolic OH excluding ortho intramolecular Hbond substituents is 6. The van der Waals surface area contributed by atoms with Gasteiger partial charge in [0.25, 0.3) is 0 Å². The van der Waals surface area contributed by atoms with Gasteiger partial charge in [-0.05, 0) is 174 Å². The molecule has 4 fully saturated rings. The zero-order chi connectivity index (χ0) is 69.6. The summed E-state index contributed by atoms with van der Waals surface area (Å²) in [5, 5.41) is 102. The number of rotatable bonds is 3. The van der Waals surface area contributed by atoms with Gasteiger partial charge in [-0.15, -0.1) is 0 Å². The minimum Gasteiger partial charge on any atom is -0.508 e. The number of halogens is 2. The van der Waals surface area contributed by atoms with E-state index in [1.807, 2.05) is 0 Å². The predicted octanol–water partition coefficient (Wildman–Crippen LogP) is 7.24. The lowest BCUT2D eigenvalue weighted by atomic mass is 9.55. The third kappa shape index (κ3) is 12.6. The molecule has 15 N–H and O–H groups in total. The standard InChI is InChI=1S/C70H62Cl2N8O19/c1-73-64(89)58-41-25-38(82)26-47(85)53(41)40-19-30(3-6-45(40)83)54-66(91)79-59(69(94)78-58)60(86)32-5-9-49(43(72)20-32)98-52-23-34-22-51(61(52)87)97-48-8-2-27(15-42(48)71)16-44-63(88)75-56(67(92)77-57(34)68(93)76-54)33-17-37(81)24-39(18-33)96-50-21-31(4-7-46(50)84)55(65(90)74-44)80-70(95)99-62-35-11-28-10-29(13-35)14-36(62)12-28/h2-9,15,17-26,28-29,35-36,44,54-60,62,81-87H,10-14,16H2,1H3,(H,73,89)(H,74,90)(H,75,88)(H,76,93)(H,77,92)(H,78,94)(H,79,91)(H,80,95)/t28?,29?,35?,36?,44-,54-,55+,56+,57-,58+,59+,60-,62?/m1/s1. The van der Waals surface area contributed by atoms with Gasteiger partial charge in [0.05, 0.1) is 10.0 Å². The molecular weight excluding hydrogens is 1330 g/mol. The molecule has 0 unspecified atom stereocenters. The van der Waals surface area contributed by atoms with Gasteiger partial charge >= 0.3 is 6.09 Å². The van der Waals surface area contributed by atoms with Crippen LogP contribution in [0.15, 0.2) is 115 Å². The smallest absolute Gasteiger partial charge is 0.408 e. The molecule has 8 atom stereocenters. The number of phenols is 6. The Morgan fingerprint density at radius 2 is 1.10 bits per heavy atom. The second-order valence-electron chi connectivity index (χ2n) is 25.8. The number of aliphatic hydroxyl groups excluding tert-OH is 1. The van der Waals surface area contributed by atoms with Crippen LogP contribution in [0.3, 0.4) is 0 Å². The molecule has 99 heavy (non-hydrogen) atoms. The van der Waals surface area contributed by atoms with E-state index in [4.69, 9.17) is 42.1 Å². The Kier molecular flexibility index (Phi) is 16.9. The van der Waals surface area contributed by atoms with Crippen LogP contribution in [-0.2, 0) is 44.7 Å². The molecular formula is C70H62Cl2N8O19. The summed E-state index contributed by atoms with van der Waals surface area (Å²) in [5.74, 6) is -12.6. The maximum atomic E-state index is 16.0. The Bertz CT molecular complexity index is 4560. The van der Waals surface area contributed by atoms with Crippen molar-refractivity contribution in [3.8, 4) is 80.1 Å². The minimum atomic E-state index is -2.19. The third-order valence-corrected chi connectivity index (χ3v) is 19.9. The van der Waals surface area contributed by atoms with E-state index in [0.29, 0.717) is 11.8 Å². The first kappa shape index (κ1) is 65.1. The summed E-state index contributed by atoms with van der Waals surface area (Å²) in [6.45, 7) is 0. The molecule has 0 radical (unpaired) electrons. The number of nitrogens with one attached hydrogen (secondary N) is 8. The van der Waals surface area contributed by atoms with Gasteiger partial charge in [0, 0.05) is 36.7 Å². The molecule has 0 saturated heterocycles. The number of benzene rings is 7. The van der Waals surface area contributed by atoms with Crippen LogP contribution in [-0.4, -0.2) is 108 Å². The lowest BCUT2D eigenvalue weighted by Gasteiger charge is -2.53. The van der Waals surface area contributed by atoms with Crippen molar-refractivity contribution in [1.82, 2.24) is 42.5 Å². The molecule has 0 aromatic heterocycles. The highest BCUT2D eigenvalue weighted by molar-refractivity contribution is 6.32. The average molecular weight is 1390 g/mol. The van der Waals surface area contributed by atoms with Gasteiger partial charge in [-0.2, -0.15) is 0 Å². The molecule has 10 aliphatic rings. The van der Waals surface area contributed by atoms with Crippen LogP contribution in [0.5, 0.6) is 69.0 Å². The molecule has 4 saturated carbocycles. The van der Waals surface area contributed by atoms with E-state index in [1.165, 1.54) is 67.7 Å². The fraction of sp³-hybridized carbons (Fsp3) is 0.286. The first-order chi connectivity index (χ1) is 47.4. The highest BCUT2D eigenvalue weighted by Crippen LogP contribution is 2.55. The van der Waals surface area contributed by atoms with Crippen LogP contribution in [0.1, 0.15) is 107 Å². The Morgan fingerprint density at radius 1 is 0.515 bits per heavy atom. The van der Waals surface area contributed by atoms with Gasteiger partial charge < -0.3 is 97.2 Å². The Balaban J connectivity index is 0.919. The number of ether oxygens (including phenoxy) is 4. The number of alkyl carbamates (subject to hydrolysis) is 1. The highest BCUT2D eigenvalue weighted by atomic mass is 35.5. The number of fused-ring (bicyclic) bond motifs is 14. The largest absolute Gasteiger partial charge is 0.508 e. The van der Waals surface area contributed by atoms with Crippen LogP contribution in [0.25, 0.3) is 11.1 Å². The monoisotopic (exact) mass is 1390 g/mol. The number of aromatic hydroxyl groups is 6. The number of amides is 8. The molecule has 17 rings (SSSR count). The molecule has 27 nitrogen and oxygen atoms in total. The molecule has 510 valence electrons. The van der Waals surface area contributed by atoms with E-state index < -0.39 is 154 Å². The van der Waals surface area contributed by atoms with E-state index in [9.17, 15) is 50.1 Å². The molecule has 7 aromatic carbocycles. The van der Waals surface area contributed by atoms with Gasteiger partial charge in [0.15, 0.2) is 23.0 Å². The summed E-state index contributed by atoms with van der Waals surface area (Å²) < 4.78 is 25.0. The number of carbonyl (C=O) groups excluding carboxylic acids is 8. The number of hydrogen-bond acceptors (Lipinski definition) is 19. The molecule has 29 heteroatoms. The van der Waals surface area contributed by atoms with Crippen molar-refractivity contribution in [1.29, 1.82) is 0 Å². The molecule has 6 aliphatic heterocycles. The highest BCUT2D eigenvalue weighted by Gasteiger charge is 2.51. The van der Waals surface area contributed by atoms with Gasteiger partial charge in [-0.1, -0.05) is 47.5 Å². The first-order valence-electron chi connectivity index (χ1n) is 31.6. The Hall–Kier alpha value is -11.2. The van der Waals surface area contributed by atoms with Gasteiger partial charge in [-0.3, -0.25) is 33.6 Å². The Labute approximate surface area is 571 Å². The fourth-order valence-electron chi connectivity index (χ4n) is 14.9. The summed E-state index contributed by atoms with van der Waals surface area (Å²) in [4.78, 5) is 121. The maximum Gasteiger partial charge on any atom is 0.408 e. The zero-order valence-corrected chi connectivity index (χ0v) is 53.5. The molecule has 6 heterocycles. The normalized spacial score (nSPS) is 26.0. The van der Waals surface area contributed by atoms with E-state index in [-0.39, 0.29) is 95.0 Å². The lowest BCUT2D eigenvalue weighted by molar-refractivity contribution is -0.137.